The molecule has 2 aromatic heterocycles. The zero-order valence-corrected chi connectivity index (χ0v) is 12.7. The number of para-hydroxylation sites is 2. The monoisotopic (exact) mass is 294 g/mol. The number of benzene rings is 1. The number of hydrogen-bond donors (Lipinski definition) is 0. The molecule has 112 valence electrons. The Morgan fingerprint density at radius 3 is 2.68 bits per heavy atom. The Morgan fingerprint density at radius 2 is 1.86 bits per heavy atom. The van der Waals surface area contributed by atoms with Crippen LogP contribution in [0.1, 0.15) is 11.9 Å². The van der Waals surface area contributed by atoms with Crippen molar-refractivity contribution in [2.75, 3.05) is 25.1 Å². The molecule has 22 heavy (non-hydrogen) atoms. The van der Waals surface area contributed by atoms with Crippen molar-refractivity contribution < 1.29 is 4.74 Å². The average molecular weight is 294 g/mol. The summed E-state index contributed by atoms with van der Waals surface area (Å²) >= 11 is 0. The van der Waals surface area contributed by atoms with E-state index in [1.54, 1.807) is 7.11 Å². The first-order valence-corrected chi connectivity index (χ1v) is 7.46. The number of methoxy groups -OCH3 is 1. The maximum Gasteiger partial charge on any atom is 0.214 e. The molecule has 0 N–H and O–H groups in total. The third-order valence-corrected chi connectivity index (χ3v) is 4.24. The van der Waals surface area contributed by atoms with E-state index in [4.69, 9.17) is 4.74 Å². The minimum Gasteiger partial charge on any atom is -0.481 e. The van der Waals surface area contributed by atoms with Crippen molar-refractivity contribution in [3.8, 4) is 5.88 Å². The molecule has 0 aliphatic carbocycles. The Kier molecular flexibility index (Phi) is 2.99. The summed E-state index contributed by atoms with van der Waals surface area (Å²) in [7, 11) is 1.64. The molecule has 0 bridgehead atoms. The van der Waals surface area contributed by atoms with E-state index in [2.05, 4.69) is 44.6 Å². The zero-order valence-electron chi connectivity index (χ0n) is 12.7. The molecule has 0 radical (unpaired) electrons. The molecule has 1 aromatic carbocycles. The summed E-state index contributed by atoms with van der Waals surface area (Å²) < 4.78 is 7.54. The molecule has 3 heterocycles. The van der Waals surface area contributed by atoms with Gasteiger partial charge in [-0.3, -0.25) is 0 Å². The standard InChI is InChI=1S/C17H18N4O/c1-12-18-14-6-3-4-7-15(14)21(12)13-10-20(11-13)16-8-5-9-17(19-16)22-2/h3-9,13H,10-11H2,1-2H3. The van der Waals surface area contributed by atoms with Crippen LogP contribution >= 0.6 is 0 Å². The van der Waals surface area contributed by atoms with Gasteiger partial charge < -0.3 is 14.2 Å². The van der Waals surface area contributed by atoms with Gasteiger partial charge in [0.2, 0.25) is 5.88 Å². The molecule has 0 saturated carbocycles. The Labute approximate surface area is 129 Å². The highest BCUT2D eigenvalue weighted by Gasteiger charge is 2.31. The van der Waals surface area contributed by atoms with Gasteiger partial charge in [0.25, 0.3) is 0 Å². The van der Waals surface area contributed by atoms with Gasteiger partial charge in [-0.1, -0.05) is 18.2 Å². The summed E-state index contributed by atoms with van der Waals surface area (Å²) in [5.74, 6) is 2.70. The molecule has 0 atom stereocenters. The SMILES string of the molecule is COc1cccc(N2CC(n3c(C)nc4ccccc43)C2)n1. The molecule has 1 fully saturated rings. The Hall–Kier alpha value is -2.56. The maximum absolute atomic E-state index is 5.20. The van der Waals surface area contributed by atoms with Crippen LogP contribution in [0.25, 0.3) is 11.0 Å². The first-order chi connectivity index (χ1) is 10.8. The second kappa shape index (κ2) is 5.02. The van der Waals surface area contributed by atoms with Crippen LogP contribution in [0.3, 0.4) is 0 Å². The lowest BCUT2D eigenvalue weighted by Gasteiger charge is -2.41. The Morgan fingerprint density at radius 1 is 1.05 bits per heavy atom. The van der Waals surface area contributed by atoms with Gasteiger partial charge in [0.05, 0.1) is 24.2 Å². The molecule has 0 unspecified atom stereocenters. The van der Waals surface area contributed by atoms with Gasteiger partial charge in [-0.2, -0.15) is 4.98 Å². The summed E-state index contributed by atoms with van der Waals surface area (Å²) in [6, 6.07) is 14.6. The van der Waals surface area contributed by atoms with Gasteiger partial charge in [0, 0.05) is 19.2 Å². The summed E-state index contributed by atoms with van der Waals surface area (Å²) in [6.07, 6.45) is 0. The van der Waals surface area contributed by atoms with E-state index >= 15 is 0 Å². The highest BCUT2D eigenvalue weighted by atomic mass is 16.5. The molecular formula is C17H18N4O. The van der Waals surface area contributed by atoms with E-state index < -0.39 is 0 Å². The molecule has 5 nitrogen and oxygen atoms in total. The number of pyridine rings is 1. The van der Waals surface area contributed by atoms with Gasteiger partial charge in [0.1, 0.15) is 11.6 Å². The normalized spacial score (nSPS) is 15.1. The molecule has 0 amide bonds. The first kappa shape index (κ1) is 13.1. The van der Waals surface area contributed by atoms with Crippen LogP contribution in [0.4, 0.5) is 5.82 Å². The van der Waals surface area contributed by atoms with Crippen molar-refractivity contribution in [3.05, 3.63) is 48.3 Å². The highest BCUT2D eigenvalue weighted by Crippen LogP contribution is 2.31. The quantitative estimate of drug-likeness (QED) is 0.745. The number of anilines is 1. The van der Waals surface area contributed by atoms with E-state index in [1.807, 2.05) is 24.3 Å². The molecule has 0 spiro atoms. The average Bonchev–Trinajstić information content (AvgIpc) is 2.83. The Bertz CT molecular complexity index is 820. The van der Waals surface area contributed by atoms with Gasteiger partial charge in [-0.05, 0) is 25.1 Å². The predicted octanol–water partition coefficient (Wildman–Crippen LogP) is 2.81. The lowest BCUT2D eigenvalue weighted by Crippen LogP contribution is -2.48. The second-order valence-corrected chi connectivity index (χ2v) is 5.61. The van der Waals surface area contributed by atoms with Gasteiger partial charge >= 0.3 is 0 Å². The van der Waals surface area contributed by atoms with Crippen molar-refractivity contribution in [1.82, 2.24) is 14.5 Å². The fraction of sp³-hybridized carbons (Fsp3) is 0.294. The predicted molar refractivity (Wildman–Crippen MR) is 86.5 cm³/mol. The van der Waals surface area contributed by atoms with Gasteiger partial charge in [0.15, 0.2) is 0 Å². The van der Waals surface area contributed by atoms with Crippen LogP contribution in [0.15, 0.2) is 42.5 Å². The molecular weight excluding hydrogens is 276 g/mol. The number of fused-ring (bicyclic) bond motifs is 1. The lowest BCUT2D eigenvalue weighted by atomic mass is 10.1. The van der Waals surface area contributed by atoms with Crippen LogP contribution in [-0.4, -0.2) is 34.7 Å². The number of hydrogen-bond acceptors (Lipinski definition) is 4. The summed E-state index contributed by atoms with van der Waals surface area (Å²) in [5.41, 5.74) is 2.28. The largest absolute Gasteiger partial charge is 0.481 e. The van der Waals surface area contributed by atoms with Crippen molar-refractivity contribution >= 4 is 16.9 Å². The molecule has 1 aliphatic heterocycles. The highest BCUT2D eigenvalue weighted by molar-refractivity contribution is 5.76. The number of nitrogens with zero attached hydrogens (tertiary/aromatic N) is 4. The van der Waals surface area contributed by atoms with Gasteiger partial charge in [-0.15, -0.1) is 0 Å². The molecule has 1 aliphatic rings. The number of aromatic nitrogens is 3. The van der Waals surface area contributed by atoms with Gasteiger partial charge in [-0.25, -0.2) is 4.98 Å². The molecule has 1 saturated heterocycles. The minimum atomic E-state index is 0.445. The van der Waals surface area contributed by atoms with Crippen LogP contribution in [0.5, 0.6) is 5.88 Å². The number of rotatable bonds is 3. The van der Waals surface area contributed by atoms with E-state index in [1.165, 1.54) is 5.52 Å². The smallest absolute Gasteiger partial charge is 0.214 e. The van der Waals surface area contributed by atoms with Crippen LogP contribution < -0.4 is 9.64 Å². The second-order valence-electron chi connectivity index (χ2n) is 5.61. The molecule has 4 rings (SSSR count). The first-order valence-electron chi connectivity index (χ1n) is 7.46. The van der Waals surface area contributed by atoms with Crippen molar-refractivity contribution in [1.29, 1.82) is 0 Å². The fourth-order valence-corrected chi connectivity index (χ4v) is 3.13. The lowest BCUT2D eigenvalue weighted by molar-refractivity contribution is 0.384. The van der Waals surface area contributed by atoms with E-state index in [0.29, 0.717) is 11.9 Å². The van der Waals surface area contributed by atoms with Crippen LogP contribution in [-0.2, 0) is 0 Å². The fourth-order valence-electron chi connectivity index (χ4n) is 3.13. The summed E-state index contributed by atoms with van der Waals surface area (Å²) in [4.78, 5) is 11.4. The Balaban J connectivity index is 1.58. The summed E-state index contributed by atoms with van der Waals surface area (Å²) in [6.45, 7) is 3.97. The number of imidazole rings is 1. The number of ether oxygens (including phenoxy) is 1. The van der Waals surface area contributed by atoms with E-state index in [0.717, 1.165) is 30.2 Å². The summed E-state index contributed by atoms with van der Waals surface area (Å²) in [5, 5.41) is 0. The van der Waals surface area contributed by atoms with Crippen molar-refractivity contribution in [3.63, 3.8) is 0 Å². The molecule has 5 heteroatoms. The topological polar surface area (TPSA) is 43.2 Å². The van der Waals surface area contributed by atoms with Crippen molar-refractivity contribution in [2.45, 2.75) is 13.0 Å². The molecule has 3 aromatic rings. The van der Waals surface area contributed by atoms with Crippen LogP contribution in [0, 0.1) is 6.92 Å². The van der Waals surface area contributed by atoms with E-state index in [-0.39, 0.29) is 0 Å². The van der Waals surface area contributed by atoms with Crippen molar-refractivity contribution in [2.24, 2.45) is 0 Å². The van der Waals surface area contributed by atoms with Crippen LogP contribution in [0.2, 0.25) is 0 Å². The maximum atomic E-state index is 5.20. The zero-order chi connectivity index (χ0) is 15.1. The van der Waals surface area contributed by atoms with E-state index in [9.17, 15) is 0 Å². The minimum absolute atomic E-state index is 0.445. The third-order valence-electron chi connectivity index (χ3n) is 4.24. The third kappa shape index (κ3) is 2.01. The number of aryl methyl sites for hydroxylation is 1.